The number of carbonyl (C=O) groups is 1. The third kappa shape index (κ3) is 5.24. The molecule has 1 saturated heterocycles. The summed E-state index contributed by atoms with van der Waals surface area (Å²) in [4.78, 5) is 12.8. The van der Waals surface area contributed by atoms with Gasteiger partial charge in [-0.2, -0.15) is 4.31 Å². The van der Waals surface area contributed by atoms with Gasteiger partial charge in [-0.3, -0.25) is 4.79 Å². The van der Waals surface area contributed by atoms with Crippen LogP contribution in [0.3, 0.4) is 0 Å². The highest BCUT2D eigenvalue weighted by Gasteiger charge is 2.35. The number of carbonyl (C=O) groups excluding carboxylic acids is 1. The molecule has 1 heterocycles. The largest absolute Gasteiger partial charge is 0.495 e. The van der Waals surface area contributed by atoms with Gasteiger partial charge in [0, 0.05) is 32.9 Å². The second-order valence-corrected chi connectivity index (χ2v) is 12.3. The van der Waals surface area contributed by atoms with Crippen LogP contribution in [0.1, 0.15) is 18.4 Å². The van der Waals surface area contributed by atoms with Crippen molar-refractivity contribution in [2.75, 3.05) is 39.6 Å². The van der Waals surface area contributed by atoms with E-state index in [2.05, 4.69) is 5.32 Å². The van der Waals surface area contributed by atoms with Gasteiger partial charge in [0.15, 0.2) is 0 Å². The quantitative estimate of drug-likeness (QED) is 0.609. The van der Waals surface area contributed by atoms with Gasteiger partial charge in [0.05, 0.1) is 17.9 Å². The van der Waals surface area contributed by atoms with E-state index in [1.165, 1.54) is 39.4 Å². The minimum atomic E-state index is -4.11. The molecule has 186 valence electrons. The number of piperidine rings is 1. The average Bonchev–Trinajstić information content (AvgIpc) is 2.80. The highest BCUT2D eigenvalue weighted by atomic mass is 32.2. The molecule has 1 aliphatic rings. The molecule has 3 rings (SSSR count). The van der Waals surface area contributed by atoms with Gasteiger partial charge < -0.3 is 10.1 Å². The molecular formula is C22H28FN3O6S2. The Bertz CT molecular complexity index is 1300. The van der Waals surface area contributed by atoms with E-state index in [4.69, 9.17) is 4.74 Å². The number of hydrogen-bond donors (Lipinski definition) is 1. The van der Waals surface area contributed by atoms with Crippen molar-refractivity contribution in [2.45, 2.75) is 29.6 Å². The molecule has 1 aliphatic heterocycles. The first-order valence-electron chi connectivity index (χ1n) is 10.6. The molecule has 2 aromatic rings. The number of sulfonamides is 2. The normalized spacial score (nSPS) is 17.5. The lowest BCUT2D eigenvalue weighted by molar-refractivity contribution is -0.120. The van der Waals surface area contributed by atoms with Gasteiger partial charge in [0.25, 0.3) is 0 Å². The van der Waals surface area contributed by atoms with E-state index < -0.39 is 37.7 Å². The minimum absolute atomic E-state index is 0.0162. The zero-order chi connectivity index (χ0) is 25.3. The maximum atomic E-state index is 13.8. The lowest BCUT2D eigenvalue weighted by Crippen LogP contribution is -2.43. The molecule has 0 aromatic heterocycles. The Morgan fingerprint density at radius 2 is 1.85 bits per heavy atom. The van der Waals surface area contributed by atoms with Crippen LogP contribution in [0, 0.1) is 18.7 Å². The van der Waals surface area contributed by atoms with Crippen LogP contribution >= 0.6 is 0 Å². The number of rotatable bonds is 7. The van der Waals surface area contributed by atoms with Crippen molar-refractivity contribution >= 4 is 31.6 Å². The minimum Gasteiger partial charge on any atom is -0.495 e. The fraction of sp³-hybridized carbons (Fsp3) is 0.409. The van der Waals surface area contributed by atoms with Crippen molar-refractivity contribution in [1.82, 2.24) is 8.61 Å². The molecule has 1 fully saturated rings. The van der Waals surface area contributed by atoms with Gasteiger partial charge in [-0.05, 0) is 55.7 Å². The molecular weight excluding hydrogens is 485 g/mol. The van der Waals surface area contributed by atoms with Crippen molar-refractivity contribution in [2.24, 2.45) is 5.92 Å². The van der Waals surface area contributed by atoms with Crippen molar-refractivity contribution in [3.05, 3.63) is 47.8 Å². The van der Waals surface area contributed by atoms with Gasteiger partial charge >= 0.3 is 0 Å². The van der Waals surface area contributed by atoms with Crippen molar-refractivity contribution in [3.63, 3.8) is 0 Å². The number of benzene rings is 2. The fourth-order valence-electron chi connectivity index (χ4n) is 3.71. The first-order chi connectivity index (χ1) is 15.9. The summed E-state index contributed by atoms with van der Waals surface area (Å²) in [5.41, 5.74) is 0.996. The molecule has 0 unspecified atom stereocenters. The highest BCUT2D eigenvalue weighted by Crippen LogP contribution is 2.31. The van der Waals surface area contributed by atoms with Crippen LogP contribution in [-0.2, 0) is 24.8 Å². The first kappa shape index (κ1) is 26.1. The summed E-state index contributed by atoms with van der Waals surface area (Å²) in [6, 6.07) is 7.70. The number of halogens is 1. The Hall–Kier alpha value is -2.54. The summed E-state index contributed by atoms with van der Waals surface area (Å²) >= 11 is 0. The Labute approximate surface area is 199 Å². The second kappa shape index (κ2) is 9.98. The number of anilines is 1. The predicted molar refractivity (Wildman–Crippen MR) is 125 cm³/mol. The van der Waals surface area contributed by atoms with Crippen LogP contribution < -0.4 is 10.1 Å². The van der Waals surface area contributed by atoms with Crippen molar-refractivity contribution in [1.29, 1.82) is 0 Å². The number of nitrogens with one attached hydrogen (secondary N) is 1. The molecule has 0 aliphatic carbocycles. The maximum absolute atomic E-state index is 13.8. The van der Waals surface area contributed by atoms with Crippen LogP contribution in [0.25, 0.3) is 0 Å². The van der Waals surface area contributed by atoms with Crippen LogP contribution in [0.4, 0.5) is 10.1 Å². The predicted octanol–water partition coefficient (Wildman–Crippen LogP) is 2.43. The van der Waals surface area contributed by atoms with Crippen LogP contribution in [-0.4, -0.2) is 65.6 Å². The molecule has 0 bridgehead atoms. The van der Waals surface area contributed by atoms with E-state index in [1.807, 2.05) is 0 Å². The number of methoxy groups -OCH3 is 1. The molecule has 0 spiro atoms. The van der Waals surface area contributed by atoms with Gasteiger partial charge in [-0.1, -0.05) is 6.07 Å². The highest BCUT2D eigenvalue weighted by molar-refractivity contribution is 7.89. The second-order valence-electron chi connectivity index (χ2n) is 8.25. The van der Waals surface area contributed by atoms with E-state index in [0.29, 0.717) is 24.1 Å². The van der Waals surface area contributed by atoms with Gasteiger partial charge in [-0.25, -0.2) is 25.5 Å². The summed E-state index contributed by atoms with van der Waals surface area (Å²) in [6.07, 6.45) is 0.885. The van der Waals surface area contributed by atoms with E-state index >= 15 is 0 Å². The van der Waals surface area contributed by atoms with Crippen molar-refractivity contribution in [3.8, 4) is 5.75 Å². The van der Waals surface area contributed by atoms with E-state index in [-0.39, 0.29) is 28.6 Å². The lowest BCUT2D eigenvalue weighted by Gasteiger charge is -2.31. The monoisotopic (exact) mass is 513 g/mol. The first-order valence-corrected chi connectivity index (χ1v) is 13.4. The third-order valence-electron chi connectivity index (χ3n) is 5.74. The maximum Gasteiger partial charge on any atom is 0.246 e. The molecule has 1 N–H and O–H groups in total. The Kier molecular flexibility index (Phi) is 7.65. The van der Waals surface area contributed by atoms with Crippen LogP contribution in [0.15, 0.2) is 46.2 Å². The van der Waals surface area contributed by atoms with E-state index in [1.54, 1.807) is 13.0 Å². The van der Waals surface area contributed by atoms with Crippen molar-refractivity contribution < 1.29 is 30.8 Å². The van der Waals surface area contributed by atoms with E-state index in [9.17, 15) is 26.0 Å². The molecule has 0 radical (unpaired) electrons. The average molecular weight is 514 g/mol. The topological polar surface area (TPSA) is 113 Å². The number of hydrogen-bond acceptors (Lipinski definition) is 6. The lowest BCUT2D eigenvalue weighted by atomic mass is 9.98. The van der Waals surface area contributed by atoms with E-state index in [0.717, 1.165) is 20.7 Å². The Balaban J connectivity index is 1.83. The van der Waals surface area contributed by atoms with Gasteiger partial charge in [-0.15, -0.1) is 0 Å². The summed E-state index contributed by atoms with van der Waals surface area (Å²) < 4.78 is 72.4. The molecule has 12 heteroatoms. The standard InChI is InChI=1S/C22H28FN3O6S2/c1-15-7-9-18(33(28,29)25(2)3)13-19(15)24-22(27)16-6-5-11-26(14-16)34(30,31)21-12-17(23)8-10-20(21)32-4/h7-10,12-13,16H,5-6,11,14H2,1-4H3,(H,24,27)/t16-/m1/s1. The number of nitrogens with zero attached hydrogens (tertiary/aromatic N) is 2. The van der Waals surface area contributed by atoms with Crippen LogP contribution in [0.2, 0.25) is 0 Å². The number of aryl methyl sites for hydroxylation is 1. The summed E-state index contributed by atoms with van der Waals surface area (Å²) in [5.74, 6) is -1.79. The number of amides is 1. The van der Waals surface area contributed by atoms with Gasteiger partial charge in [0.1, 0.15) is 16.5 Å². The fourth-order valence-corrected chi connectivity index (χ4v) is 6.33. The SMILES string of the molecule is COc1ccc(F)cc1S(=O)(=O)N1CCC[C@@H](C(=O)Nc2cc(S(=O)(=O)N(C)C)ccc2C)C1. The molecule has 2 aromatic carbocycles. The zero-order valence-corrected chi connectivity index (χ0v) is 21.0. The summed E-state index contributed by atoms with van der Waals surface area (Å²) in [6.45, 7) is 1.82. The molecule has 1 atom stereocenters. The van der Waals surface area contributed by atoms with Gasteiger partial charge in [0.2, 0.25) is 26.0 Å². The molecule has 1 amide bonds. The smallest absolute Gasteiger partial charge is 0.246 e. The number of ether oxygens (including phenoxy) is 1. The Morgan fingerprint density at radius 1 is 1.15 bits per heavy atom. The Morgan fingerprint density at radius 3 is 2.50 bits per heavy atom. The van der Waals surface area contributed by atoms with Crippen LogP contribution in [0.5, 0.6) is 5.75 Å². The molecule has 34 heavy (non-hydrogen) atoms. The summed E-state index contributed by atoms with van der Waals surface area (Å²) in [7, 11) is -3.67. The zero-order valence-electron chi connectivity index (χ0n) is 19.4. The molecule has 0 saturated carbocycles. The third-order valence-corrected chi connectivity index (χ3v) is 9.44. The molecule has 9 nitrogen and oxygen atoms in total. The summed E-state index contributed by atoms with van der Waals surface area (Å²) in [5, 5.41) is 2.75.